The van der Waals surface area contributed by atoms with Crippen LogP contribution in [0.3, 0.4) is 0 Å². The molecule has 2 aromatic carbocycles. The molecule has 29 heavy (non-hydrogen) atoms. The van der Waals surface area contributed by atoms with Gasteiger partial charge in [-0.15, -0.1) is 0 Å². The smallest absolute Gasteiger partial charge is 0.411 e. The highest BCUT2D eigenvalue weighted by Crippen LogP contribution is 2.09. The maximum Gasteiger partial charge on any atom is 0.411 e. The number of alkyl carbamates (subject to hydrolysis) is 1. The van der Waals surface area contributed by atoms with Crippen molar-refractivity contribution in [2.75, 3.05) is 32.8 Å². The van der Waals surface area contributed by atoms with Crippen molar-refractivity contribution >= 4 is 12.2 Å². The molecule has 0 unspecified atom stereocenters. The average molecular weight is 397 g/mol. The maximum atomic E-state index is 12.3. The first-order chi connectivity index (χ1) is 14.2. The fourth-order valence-corrected chi connectivity index (χ4v) is 3.10. The van der Waals surface area contributed by atoms with Crippen LogP contribution in [0.15, 0.2) is 60.7 Å². The predicted octanol–water partition coefficient (Wildman–Crippen LogP) is 3.21. The van der Waals surface area contributed by atoms with Gasteiger partial charge in [0.05, 0.1) is 6.67 Å². The number of hydrogen-bond acceptors (Lipinski definition) is 5. The highest BCUT2D eigenvalue weighted by atomic mass is 16.6. The van der Waals surface area contributed by atoms with Crippen molar-refractivity contribution in [3.63, 3.8) is 0 Å². The van der Waals surface area contributed by atoms with Crippen LogP contribution in [0.5, 0.6) is 0 Å². The van der Waals surface area contributed by atoms with Gasteiger partial charge in [0.25, 0.3) is 0 Å². The second kappa shape index (κ2) is 11.1. The largest absolute Gasteiger partial charge is 0.445 e. The zero-order valence-corrected chi connectivity index (χ0v) is 16.5. The molecule has 1 fully saturated rings. The first-order valence-corrected chi connectivity index (χ1v) is 9.83. The molecule has 0 aliphatic carbocycles. The van der Waals surface area contributed by atoms with E-state index in [1.807, 2.05) is 60.7 Å². The number of hydrogen-bond donors (Lipinski definition) is 1. The summed E-state index contributed by atoms with van der Waals surface area (Å²) in [5, 5.41) is 2.75. The summed E-state index contributed by atoms with van der Waals surface area (Å²) in [5.41, 5.74) is 1.91. The molecule has 0 aromatic heterocycles. The minimum Gasteiger partial charge on any atom is -0.445 e. The van der Waals surface area contributed by atoms with Gasteiger partial charge in [-0.1, -0.05) is 60.7 Å². The van der Waals surface area contributed by atoms with E-state index in [4.69, 9.17) is 9.47 Å². The summed E-state index contributed by atoms with van der Waals surface area (Å²) in [4.78, 5) is 27.9. The molecule has 3 rings (SSSR count). The Morgan fingerprint density at radius 2 is 1.48 bits per heavy atom. The Bertz CT molecular complexity index is 770. The third kappa shape index (κ3) is 7.12. The van der Waals surface area contributed by atoms with Crippen LogP contribution in [0.4, 0.5) is 9.59 Å². The summed E-state index contributed by atoms with van der Waals surface area (Å²) in [7, 11) is 0. The number of rotatable bonds is 7. The van der Waals surface area contributed by atoms with Crippen LogP contribution in [0.2, 0.25) is 0 Å². The number of amides is 2. The Morgan fingerprint density at radius 3 is 2.14 bits per heavy atom. The molecular formula is C22H27N3O4. The van der Waals surface area contributed by atoms with Crippen molar-refractivity contribution < 1.29 is 19.1 Å². The van der Waals surface area contributed by atoms with Crippen LogP contribution < -0.4 is 5.32 Å². The standard InChI is InChI=1S/C22H27N3O4/c26-21(28-16-19-8-3-1-4-9-19)23-12-15-24-13-7-14-25(18-24)22(27)29-17-20-10-5-2-6-11-20/h1-6,8-11H,7,12-18H2,(H,23,26). The number of nitrogens with one attached hydrogen (secondary N) is 1. The van der Waals surface area contributed by atoms with Gasteiger partial charge in [-0.2, -0.15) is 0 Å². The third-order valence-electron chi connectivity index (χ3n) is 4.65. The van der Waals surface area contributed by atoms with Gasteiger partial charge in [0, 0.05) is 26.2 Å². The minimum atomic E-state index is -0.440. The lowest BCUT2D eigenvalue weighted by Crippen LogP contribution is -2.49. The first kappa shape index (κ1) is 20.7. The van der Waals surface area contributed by atoms with E-state index in [1.54, 1.807) is 4.90 Å². The molecule has 0 spiro atoms. The molecule has 7 nitrogen and oxygen atoms in total. The van der Waals surface area contributed by atoms with Gasteiger partial charge in [-0.25, -0.2) is 9.59 Å². The molecular weight excluding hydrogens is 370 g/mol. The number of carbonyl (C=O) groups is 2. The van der Waals surface area contributed by atoms with Crippen LogP contribution in [-0.2, 0) is 22.7 Å². The molecule has 7 heteroatoms. The van der Waals surface area contributed by atoms with E-state index >= 15 is 0 Å². The topological polar surface area (TPSA) is 71.1 Å². The van der Waals surface area contributed by atoms with E-state index in [2.05, 4.69) is 10.2 Å². The van der Waals surface area contributed by atoms with E-state index in [9.17, 15) is 9.59 Å². The molecule has 0 saturated carbocycles. The zero-order valence-electron chi connectivity index (χ0n) is 16.5. The lowest BCUT2D eigenvalue weighted by molar-refractivity contribution is 0.0494. The van der Waals surface area contributed by atoms with Crippen molar-refractivity contribution in [3.8, 4) is 0 Å². The van der Waals surface area contributed by atoms with Crippen molar-refractivity contribution in [3.05, 3.63) is 71.8 Å². The van der Waals surface area contributed by atoms with Crippen molar-refractivity contribution in [1.82, 2.24) is 15.1 Å². The van der Waals surface area contributed by atoms with Crippen molar-refractivity contribution in [1.29, 1.82) is 0 Å². The Morgan fingerprint density at radius 1 is 0.862 bits per heavy atom. The lowest BCUT2D eigenvalue weighted by Gasteiger charge is -2.34. The molecule has 1 aliphatic rings. The zero-order chi connectivity index (χ0) is 20.3. The van der Waals surface area contributed by atoms with Crippen LogP contribution in [0.1, 0.15) is 17.5 Å². The molecule has 0 radical (unpaired) electrons. The van der Waals surface area contributed by atoms with E-state index < -0.39 is 6.09 Å². The van der Waals surface area contributed by atoms with Gasteiger partial charge >= 0.3 is 12.2 Å². The van der Waals surface area contributed by atoms with E-state index in [-0.39, 0.29) is 19.3 Å². The molecule has 0 bridgehead atoms. The summed E-state index contributed by atoms with van der Waals surface area (Å²) in [6.07, 6.45) is 0.123. The monoisotopic (exact) mass is 397 g/mol. The van der Waals surface area contributed by atoms with Crippen LogP contribution >= 0.6 is 0 Å². The van der Waals surface area contributed by atoms with E-state index in [1.165, 1.54) is 0 Å². The van der Waals surface area contributed by atoms with Crippen LogP contribution in [-0.4, -0.2) is 54.8 Å². The minimum absolute atomic E-state index is 0.247. The van der Waals surface area contributed by atoms with Crippen molar-refractivity contribution in [2.24, 2.45) is 0 Å². The average Bonchev–Trinajstić information content (AvgIpc) is 2.78. The van der Waals surface area contributed by atoms with Crippen LogP contribution in [0.25, 0.3) is 0 Å². The Labute approximate surface area is 171 Å². The molecule has 1 heterocycles. The Hall–Kier alpha value is -3.06. The first-order valence-electron chi connectivity index (χ1n) is 9.83. The number of carbonyl (C=O) groups excluding carboxylic acids is 2. The normalized spacial score (nSPS) is 14.3. The predicted molar refractivity (Wildman–Crippen MR) is 109 cm³/mol. The number of ether oxygens (including phenoxy) is 2. The van der Waals surface area contributed by atoms with Gasteiger partial charge < -0.3 is 14.8 Å². The molecule has 0 atom stereocenters. The van der Waals surface area contributed by atoms with Crippen LogP contribution in [0, 0.1) is 0 Å². The van der Waals surface area contributed by atoms with E-state index in [0.717, 1.165) is 24.1 Å². The highest BCUT2D eigenvalue weighted by molar-refractivity contribution is 5.68. The molecule has 154 valence electrons. The Balaban J connectivity index is 1.32. The lowest BCUT2D eigenvalue weighted by atomic mass is 10.2. The van der Waals surface area contributed by atoms with Gasteiger partial charge in [0.15, 0.2) is 0 Å². The summed E-state index contributed by atoms with van der Waals surface area (Å²) < 4.78 is 10.6. The Kier molecular flexibility index (Phi) is 7.89. The third-order valence-corrected chi connectivity index (χ3v) is 4.65. The van der Waals surface area contributed by atoms with E-state index in [0.29, 0.717) is 26.3 Å². The van der Waals surface area contributed by atoms with Gasteiger partial charge in [-0.3, -0.25) is 9.80 Å². The molecule has 1 saturated heterocycles. The van der Waals surface area contributed by atoms with Gasteiger partial charge in [0.2, 0.25) is 0 Å². The van der Waals surface area contributed by atoms with Gasteiger partial charge in [0.1, 0.15) is 13.2 Å². The molecule has 2 aromatic rings. The second-order valence-electron chi connectivity index (χ2n) is 6.91. The highest BCUT2D eigenvalue weighted by Gasteiger charge is 2.22. The summed E-state index contributed by atoms with van der Waals surface area (Å²) in [6.45, 7) is 3.67. The molecule has 1 N–H and O–H groups in total. The SMILES string of the molecule is O=C(NCCN1CCCN(C(=O)OCc2ccccc2)C1)OCc1ccccc1. The maximum absolute atomic E-state index is 12.3. The second-order valence-corrected chi connectivity index (χ2v) is 6.91. The fourth-order valence-electron chi connectivity index (χ4n) is 3.10. The molecule has 1 aliphatic heterocycles. The fraction of sp³-hybridized carbons (Fsp3) is 0.364. The van der Waals surface area contributed by atoms with Gasteiger partial charge in [-0.05, 0) is 17.5 Å². The molecule has 2 amide bonds. The number of benzene rings is 2. The summed E-state index contributed by atoms with van der Waals surface area (Å²) >= 11 is 0. The summed E-state index contributed by atoms with van der Waals surface area (Å²) in [5.74, 6) is 0. The van der Waals surface area contributed by atoms with Crippen molar-refractivity contribution in [2.45, 2.75) is 19.6 Å². The number of nitrogens with zero attached hydrogens (tertiary/aromatic N) is 2. The quantitative estimate of drug-likeness (QED) is 0.777. The summed E-state index contributed by atoms with van der Waals surface area (Å²) in [6, 6.07) is 19.2.